The summed E-state index contributed by atoms with van der Waals surface area (Å²) in [6.45, 7) is 1.13. The van der Waals surface area contributed by atoms with Crippen LogP contribution in [0.4, 0.5) is 0 Å². The molecular formula is C9H12BrNO2. The van der Waals surface area contributed by atoms with Crippen molar-refractivity contribution >= 4 is 15.9 Å². The quantitative estimate of drug-likeness (QED) is 0.797. The molecule has 0 aromatic heterocycles. The molecule has 0 amide bonds. The summed E-state index contributed by atoms with van der Waals surface area (Å²) in [5, 5.41) is 9.40. The van der Waals surface area contributed by atoms with Crippen molar-refractivity contribution in [2.24, 2.45) is 5.73 Å². The monoisotopic (exact) mass is 245 g/mol. The summed E-state index contributed by atoms with van der Waals surface area (Å²) in [5.74, 6) is 0.642. The molecule has 0 unspecified atom stereocenters. The van der Waals surface area contributed by atoms with Crippen molar-refractivity contribution in [3.8, 4) is 11.5 Å². The van der Waals surface area contributed by atoms with Crippen LogP contribution in [0.15, 0.2) is 22.7 Å². The third kappa shape index (κ3) is 3.24. The minimum atomic E-state index is 0.145. The highest BCUT2D eigenvalue weighted by molar-refractivity contribution is 9.10. The SMILES string of the molecule is NCCCOc1ccc(Br)cc1O. The number of aromatic hydroxyl groups is 1. The molecule has 0 aliphatic heterocycles. The molecule has 13 heavy (non-hydrogen) atoms. The lowest BCUT2D eigenvalue weighted by atomic mass is 10.3. The van der Waals surface area contributed by atoms with Crippen molar-refractivity contribution in [2.45, 2.75) is 6.42 Å². The zero-order valence-electron chi connectivity index (χ0n) is 7.16. The van der Waals surface area contributed by atoms with Crippen LogP contribution in [0.2, 0.25) is 0 Å². The Bertz CT molecular complexity index is 278. The van der Waals surface area contributed by atoms with E-state index in [1.807, 2.05) is 6.07 Å². The molecule has 0 fully saturated rings. The van der Waals surface area contributed by atoms with Crippen molar-refractivity contribution in [2.75, 3.05) is 13.2 Å². The van der Waals surface area contributed by atoms with Gasteiger partial charge in [-0.05, 0) is 31.2 Å². The third-order valence-electron chi connectivity index (χ3n) is 1.53. The minimum absolute atomic E-state index is 0.145. The second kappa shape index (κ2) is 5.09. The van der Waals surface area contributed by atoms with Crippen LogP contribution in [0.1, 0.15) is 6.42 Å². The predicted octanol–water partition coefficient (Wildman–Crippen LogP) is 1.88. The Kier molecular flexibility index (Phi) is 4.05. The minimum Gasteiger partial charge on any atom is -0.504 e. The molecule has 0 aliphatic rings. The van der Waals surface area contributed by atoms with E-state index in [1.165, 1.54) is 0 Å². The molecule has 3 nitrogen and oxygen atoms in total. The van der Waals surface area contributed by atoms with Crippen LogP contribution < -0.4 is 10.5 Å². The Morgan fingerprint density at radius 1 is 1.46 bits per heavy atom. The highest BCUT2D eigenvalue weighted by Crippen LogP contribution is 2.28. The Hall–Kier alpha value is -0.740. The zero-order chi connectivity index (χ0) is 9.68. The van der Waals surface area contributed by atoms with Gasteiger partial charge in [0.15, 0.2) is 11.5 Å². The molecule has 1 aromatic carbocycles. The van der Waals surface area contributed by atoms with Crippen LogP contribution in [0.25, 0.3) is 0 Å². The Balaban J connectivity index is 2.56. The van der Waals surface area contributed by atoms with Crippen molar-refractivity contribution in [1.82, 2.24) is 0 Å². The highest BCUT2D eigenvalue weighted by atomic mass is 79.9. The molecule has 0 saturated carbocycles. The van der Waals surface area contributed by atoms with E-state index in [0.717, 1.165) is 10.9 Å². The first-order chi connectivity index (χ1) is 6.24. The molecule has 0 atom stereocenters. The number of benzene rings is 1. The van der Waals surface area contributed by atoms with E-state index >= 15 is 0 Å². The molecule has 0 heterocycles. The molecular weight excluding hydrogens is 234 g/mol. The third-order valence-corrected chi connectivity index (χ3v) is 2.02. The van der Waals surface area contributed by atoms with Gasteiger partial charge in [0.05, 0.1) is 6.61 Å². The van der Waals surface area contributed by atoms with Crippen LogP contribution in [0.3, 0.4) is 0 Å². The van der Waals surface area contributed by atoms with Gasteiger partial charge in [-0.3, -0.25) is 0 Å². The summed E-state index contributed by atoms with van der Waals surface area (Å²) in [6, 6.07) is 5.13. The van der Waals surface area contributed by atoms with Gasteiger partial charge in [0.25, 0.3) is 0 Å². The summed E-state index contributed by atoms with van der Waals surface area (Å²) in [5.41, 5.74) is 5.30. The molecule has 1 aromatic rings. The first kappa shape index (κ1) is 10.3. The van der Waals surface area contributed by atoms with E-state index < -0.39 is 0 Å². The molecule has 72 valence electrons. The molecule has 0 spiro atoms. The molecule has 0 aliphatic carbocycles. The van der Waals surface area contributed by atoms with Crippen molar-refractivity contribution in [1.29, 1.82) is 0 Å². The van der Waals surface area contributed by atoms with Gasteiger partial charge in [0.2, 0.25) is 0 Å². The molecule has 3 N–H and O–H groups in total. The van der Waals surface area contributed by atoms with Gasteiger partial charge in [0, 0.05) is 4.47 Å². The number of ether oxygens (including phenoxy) is 1. The predicted molar refractivity (Wildman–Crippen MR) is 55.0 cm³/mol. The summed E-state index contributed by atoms with van der Waals surface area (Å²) in [4.78, 5) is 0. The fraction of sp³-hybridized carbons (Fsp3) is 0.333. The maximum absolute atomic E-state index is 9.40. The van der Waals surface area contributed by atoms with E-state index in [-0.39, 0.29) is 5.75 Å². The maximum atomic E-state index is 9.40. The highest BCUT2D eigenvalue weighted by Gasteiger charge is 2.01. The standard InChI is InChI=1S/C9H12BrNO2/c10-7-2-3-9(8(12)6-7)13-5-1-4-11/h2-3,6,12H,1,4-5,11H2. The number of rotatable bonds is 4. The van der Waals surface area contributed by atoms with Gasteiger partial charge in [-0.25, -0.2) is 0 Å². The second-order valence-corrected chi connectivity index (χ2v) is 3.52. The van der Waals surface area contributed by atoms with Gasteiger partial charge < -0.3 is 15.6 Å². The molecule has 4 heteroatoms. The van der Waals surface area contributed by atoms with Crippen LogP contribution in [0, 0.1) is 0 Å². The lowest BCUT2D eigenvalue weighted by molar-refractivity contribution is 0.296. The number of halogens is 1. The van der Waals surface area contributed by atoms with E-state index in [1.54, 1.807) is 12.1 Å². The number of phenolic OH excluding ortho intramolecular Hbond substituents is 1. The number of phenols is 1. The normalized spacial score (nSPS) is 10.0. The first-order valence-corrected chi connectivity index (χ1v) is 4.84. The van der Waals surface area contributed by atoms with Gasteiger partial charge >= 0.3 is 0 Å². The average molecular weight is 246 g/mol. The van der Waals surface area contributed by atoms with Crippen LogP contribution in [-0.2, 0) is 0 Å². The fourth-order valence-corrected chi connectivity index (χ4v) is 1.23. The van der Waals surface area contributed by atoms with Gasteiger partial charge in [-0.1, -0.05) is 15.9 Å². The molecule has 0 bridgehead atoms. The Morgan fingerprint density at radius 2 is 2.23 bits per heavy atom. The van der Waals surface area contributed by atoms with Crippen molar-refractivity contribution in [3.63, 3.8) is 0 Å². The molecule has 1 rings (SSSR count). The van der Waals surface area contributed by atoms with Crippen LogP contribution >= 0.6 is 15.9 Å². The molecule has 0 saturated heterocycles. The summed E-state index contributed by atoms with van der Waals surface area (Å²) >= 11 is 3.24. The Morgan fingerprint density at radius 3 is 2.85 bits per heavy atom. The van der Waals surface area contributed by atoms with E-state index in [9.17, 15) is 5.11 Å². The van der Waals surface area contributed by atoms with Crippen LogP contribution in [-0.4, -0.2) is 18.3 Å². The smallest absolute Gasteiger partial charge is 0.160 e. The van der Waals surface area contributed by atoms with Crippen molar-refractivity contribution in [3.05, 3.63) is 22.7 Å². The van der Waals surface area contributed by atoms with E-state index in [0.29, 0.717) is 18.9 Å². The average Bonchev–Trinajstić information content (AvgIpc) is 2.09. The van der Waals surface area contributed by atoms with E-state index in [2.05, 4.69) is 15.9 Å². The summed E-state index contributed by atoms with van der Waals surface area (Å²) < 4.78 is 6.11. The van der Waals surface area contributed by atoms with Gasteiger partial charge in [-0.2, -0.15) is 0 Å². The largest absolute Gasteiger partial charge is 0.504 e. The van der Waals surface area contributed by atoms with Crippen LogP contribution in [0.5, 0.6) is 11.5 Å². The Labute approximate surface area is 85.6 Å². The number of hydrogen-bond donors (Lipinski definition) is 2. The molecule has 0 radical (unpaired) electrons. The lowest BCUT2D eigenvalue weighted by Gasteiger charge is -2.06. The topological polar surface area (TPSA) is 55.5 Å². The van der Waals surface area contributed by atoms with Crippen molar-refractivity contribution < 1.29 is 9.84 Å². The lowest BCUT2D eigenvalue weighted by Crippen LogP contribution is -2.06. The first-order valence-electron chi connectivity index (χ1n) is 4.05. The maximum Gasteiger partial charge on any atom is 0.160 e. The number of nitrogens with two attached hydrogens (primary N) is 1. The number of hydrogen-bond acceptors (Lipinski definition) is 3. The fourth-order valence-electron chi connectivity index (χ4n) is 0.878. The second-order valence-electron chi connectivity index (χ2n) is 2.60. The summed E-state index contributed by atoms with van der Waals surface area (Å²) in [6.07, 6.45) is 0.787. The van der Waals surface area contributed by atoms with Gasteiger partial charge in [0.1, 0.15) is 0 Å². The zero-order valence-corrected chi connectivity index (χ0v) is 8.75. The van der Waals surface area contributed by atoms with Gasteiger partial charge in [-0.15, -0.1) is 0 Å². The summed E-state index contributed by atoms with van der Waals surface area (Å²) in [7, 11) is 0. The van der Waals surface area contributed by atoms with E-state index in [4.69, 9.17) is 10.5 Å².